The minimum atomic E-state index is -0.406. The van der Waals surface area contributed by atoms with Gasteiger partial charge in [0.1, 0.15) is 11.3 Å². The zero-order valence-electron chi connectivity index (χ0n) is 17.0. The number of rotatable bonds is 4. The Bertz CT molecular complexity index is 943. The van der Waals surface area contributed by atoms with E-state index in [0.717, 1.165) is 42.3 Å². The molecular weight excluding hydrogens is 356 g/mol. The summed E-state index contributed by atoms with van der Waals surface area (Å²) in [7, 11) is 0. The molecule has 0 radical (unpaired) electrons. The predicted octanol–water partition coefficient (Wildman–Crippen LogP) is 4.19. The zero-order chi connectivity index (χ0) is 20.3. The second kappa shape index (κ2) is 8.17. The van der Waals surface area contributed by atoms with E-state index in [-0.39, 0.29) is 12.5 Å². The van der Waals surface area contributed by atoms with Crippen LogP contribution in [0.2, 0.25) is 0 Å². The summed E-state index contributed by atoms with van der Waals surface area (Å²) in [5, 5.41) is 5.10. The number of fused-ring (bicyclic) bond motifs is 1. The van der Waals surface area contributed by atoms with Gasteiger partial charge in [-0.15, -0.1) is 0 Å². The molecule has 0 bridgehead atoms. The summed E-state index contributed by atoms with van der Waals surface area (Å²) in [4.78, 5) is 23.5. The number of aryl methyl sites for hydroxylation is 1. The van der Waals surface area contributed by atoms with Crippen LogP contribution < -0.4 is 15.8 Å². The molecule has 1 aliphatic carbocycles. The second-order valence-electron chi connectivity index (χ2n) is 8.55. The molecule has 1 N–H and O–H groups in total. The SMILES string of the molecule is Cc1cc(=O)oc2cc(OCC(=O)NN=C3CCC(C(C)(C)C)CC3)ccc12. The lowest BCUT2D eigenvalue weighted by molar-refractivity contribution is -0.123. The van der Waals surface area contributed by atoms with E-state index < -0.39 is 5.63 Å². The molecule has 3 rings (SSSR count). The number of carbonyl (C=O) groups excluding carboxylic acids is 1. The Balaban J connectivity index is 1.52. The van der Waals surface area contributed by atoms with Crippen molar-refractivity contribution < 1.29 is 13.9 Å². The molecule has 1 aromatic carbocycles. The minimum absolute atomic E-state index is 0.150. The minimum Gasteiger partial charge on any atom is -0.484 e. The van der Waals surface area contributed by atoms with Crippen molar-refractivity contribution >= 4 is 22.6 Å². The fourth-order valence-electron chi connectivity index (χ4n) is 3.65. The van der Waals surface area contributed by atoms with Crippen LogP contribution in [0.4, 0.5) is 0 Å². The third-order valence-corrected chi connectivity index (χ3v) is 5.42. The van der Waals surface area contributed by atoms with E-state index >= 15 is 0 Å². The molecule has 1 fully saturated rings. The molecule has 0 aliphatic heterocycles. The zero-order valence-corrected chi connectivity index (χ0v) is 17.0. The van der Waals surface area contributed by atoms with Gasteiger partial charge in [0.2, 0.25) is 0 Å². The van der Waals surface area contributed by atoms with Crippen LogP contribution in [0.25, 0.3) is 11.0 Å². The van der Waals surface area contributed by atoms with E-state index in [0.29, 0.717) is 22.7 Å². The molecule has 1 amide bonds. The van der Waals surface area contributed by atoms with Crippen molar-refractivity contribution in [2.45, 2.75) is 53.4 Å². The van der Waals surface area contributed by atoms with Crippen LogP contribution in [0, 0.1) is 18.3 Å². The number of hydrogen-bond acceptors (Lipinski definition) is 5. The van der Waals surface area contributed by atoms with Crippen LogP contribution in [0.1, 0.15) is 52.0 Å². The maximum Gasteiger partial charge on any atom is 0.336 e. The summed E-state index contributed by atoms with van der Waals surface area (Å²) in [6.07, 6.45) is 4.06. The van der Waals surface area contributed by atoms with Crippen LogP contribution >= 0.6 is 0 Å². The van der Waals surface area contributed by atoms with Gasteiger partial charge < -0.3 is 9.15 Å². The van der Waals surface area contributed by atoms with Gasteiger partial charge in [0, 0.05) is 23.2 Å². The summed E-state index contributed by atoms with van der Waals surface area (Å²) in [5.74, 6) is 0.855. The van der Waals surface area contributed by atoms with Crippen molar-refractivity contribution in [3.05, 3.63) is 40.2 Å². The molecule has 0 unspecified atom stereocenters. The van der Waals surface area contributed by atoms with Crippen molar-refractivity contribution in [1.82, 2.24) is 5.43 Å². The van der Waals surface area contributed by atoms with E-state index in [1.54, 1.807) is 12.1 Å². The molecule has 1 aromatic heterocycles. The molecule has 6 nitrogen and oxygen atoms in total. The largest absolute Gasteiger partial charge is 0.484 e. The van der Waals surface area contributed by atoms with E-state index in [1.165, 1.54) is 6.07 Å². The predicted molar refractivity (Wildman–Crippen MR) is 110 cm³/mol. The number of amides is 1. The molecular formula is C22H28N2O4. The molecule has 0 spiro atoms. The van der Waals surface area contributed by atoms with Gasteiger partial charge in [0.05, 0.1) is 0 Å². The summed E-state index contributed by atoms with van der Waals surface area (Å²) in [6, 6.07) is 6.64. The molecule has 1 aliphatic rings. The van der Waals surface area contributed by atoms with Crippen molar-refractivity contribution in [1.29, 1.82) is 0 Å². The van der Waals surface area contributed by atoms with E-state index in [2.05, 4.69) is 31.3 Å². The summed E-state index contributed by atoms with van der Waals surface area (Å²) in [6.45, 7) is 8.53. The molecule has 0 atom stereocenters. The van der Waals surface area contributed by atoms with Crippen LogP contribution in [0.3, 0.4) is 0 Å². The Kier molecular flexibility index (Phi) is 5.87. The molecule has 2 aromatic rings. The number of hydrazone groups is 1. The van der Waals surface area contributed by atoms with Gasteiger partial charge in [-0.1, -0.05) is 20.8 Å². The lowest BCUT2D eigenvalue weighted by Gasteiger charge is -2.34. The summed E-state index contributed by atoms with van der Waals surface area (Å²) >= 11 is 0. The highest BCUT2D eigenvalue weighted by molar-refractivity contribution is 5.87. The normalized spacial score (nSPS) is 17.4. The number of hydrogen-bond donors (Lipinski definition) is 1. The van der Waals surface area contributed by atoms with Gasteiger partial charge >= 0.3 is 5.63 Å². The third kappa shape index (κ3) is 5.00. The lowest BCUT2D eigenvalue weighted by atomic mass is 9.72. The first-order valence-electron chi connectivity index (χ1n) is 9.74. The molecule has 1 heterocycles. The topological polar surface area (TPSA) is 80.9 Å². The van der Waals surface area contributed by atoms with E-state index in [1.807, 2.05) is 13.0 Å². The Hall–Kier alpha value is -2.63. The van der Waals surface area contributed by atoms with Gasteiger partial charge in [-0.05, 0) is 61.6 Å². The van der Waals surface area contributed by atoms with Gasteiger partial charge in [0.15, 0.2) is 6.61 Å². The van der Waals surface area contributed by atoms with Crippen molar-refractivity contribution in [3.63, 3.8) is 0 Å². The molecule has 150 valence electrons. The molecule has 6 heteroatoms. The molecule has 28 heavy (non-hydrogen) atoms. The number of benzene rings is 1. The van der Waals surface area contributed by atoms with Crippen molar-refractivity contribution in [2.75, 3.05) is 6.61 Å². The smallest absolute Gasteiger partial charge is 0.336 e. The van der Waals surface area contributed by atoms with Crippen LogP contribution in [-0.2, 0) is 4.79 Å². The Morgan fingerprint density at radius 3 is 2.64 bits per heavy atom. The first-order valence-corrected chi connectivity index (χ1v) is 9.74. The number of nitrogens with zero attached hydrogens (tertiary/aromatic N) is 1. The van der Waals surface area contributed by atoms with E-state index in [9.17, 15) is 9.59 Å². The Labute approximate surface area is 165 Å². The van der Waals surface area contributed by atoms with Crippen molar-refractivity contribution in [2.24, 2.45) is 16.4 Å². The maximum absolute atomic E-state index is 12.0. The Morgan fingerprint density at radius 1 is 1.25 bits per heavy atom. The highest BCUT2D eigenvalue weighted by atomic mass is 16.5. The van der Waals surface area contributed by atoms with Crippen molar-refractivity contribution in [3.8, 4) is 5.75 Å². The average Bonchev–Trinajstić information content (AvgIpc) is 2.64. The number of carbonyl (C=O) groups is 1. The second-order valence-corrected chi connectivity index (χ2v) is 8.55. The molecule has 0 saturated heterocycles. The maximum atomic E-state index is 12.0. The summed E-state index contributed by atoms with van der Waals surface area (Å²) in [5.41, 5.74) is 4.82. The lowest BCUT2D eigenvalue weighted by Crippen LogP contribution is -2.29. The van der Waals surface area contributed by atoms with Gasteiger partial charge in [-0.3, -0.25) is 4.79 Å². The molecule has 1 saturated carbocycles. The van der Waals surface area contributed by atoms with E-state index in [4.69, 9.17) is 9.15 Å². The summed E-state index contributed by atoms with van der Waals surface area (Å²) < 4.78 is 10.7. The average molecular weight is 384 g/mol. The first kappa shape index (κ1) is 20.1. The third-order valence-electron chi connectivity index (χ3n) is 5.42. The van der Waals surface area contributed by atoms with Gasteiger partial charge in [-0.25, -0.2) is 10.2 Å². The first-order chi connectivity index (χ1) is 13.2. The van der Waals surface area contributed by atoms with Crippen LogP contribution in [0.5, 0.6) is 5.75 Å². The highest BCUT2D eigenvalue weighted by Crippen LogP contribution is 2.36. The monoisotopic (exact) mass is 384 g/mol. The van der Waals surface area contributed by atoms with Gasteiger partial charge in [-0.2, -0.15) is 5.10 Å². The van der Waals surface area contributed by atoms with Crippen LogP contribution in [-0.4, -0.2) is 18.2 Å². The fraction of sp³-hybridized carbons (Fsp3) is 0.500. The number of ether oxygens (including phenoxy) is 1. The van der Waals surface area contributed by atoms with Gasteiger partial charge in [0.25, 0.3) is 5.91 Å². The highest BCUT2D eigenvalue weighted by Gasteiger charge is 2.28. The quantitative estimate of drug-likeness (QED) is 0.633. The van der Waals surface area contributed by atoms with Crippen LogP contribution in [0.15, 0.2) is 38.6 Å². The Morgan fingerprint density at radius 2 is 1.96 bits per heavy atom. The standard InChI is InChI=1S/C22H28N2O4/c1-14-11-21(26)28-19-12-17(9-10-18(14)19)27-13-20(25)24-23-16-7-5-15(6-8-16)22(2,3)4/h9-12,15H,5-8,13H2,1-4H3,(H,24,25). The number of nitrogens with one attached hydrogen (secondary N) is 1. The fourth-order valence-corrected chi connectivity index (χ4v) is 3.65.